The van der Waals surface area contributed by atoms with Crippen molar-refractivity contribution in [3.8, 4) is 0 Å². The number of amides is 2. The molecule has 1 aliphatic rings. The van der Waals surface area contributed by atoms with E-state index in [1.165, 1.54) is 0 Å². The third-order valence-corrected chi connectivity index (χ3v) is 4.74. The molecule has 1 fully saturated rings. The summed E-state index contributed by atoms with van der Waals surface area (Å²) in [7, 11) is 0. The highest BCUT2D eigenvalue weighted by Gasteiger charge is 2.35. The molecule has 4 nitrogen and oxygen atoms in total. The highest BCUT2D eigenvalue weighted by Crippen LogP contribution is 2.29. The number of nitrogens with zero attached hydrogens (tertiary/aromatic N) is 1. The first-order valence-electron chi connectivity index (χ1n) is 7.88. The maximum Gasteiger partial charge on any atom is 0.229 e. The molecular weight excluding hydrogens is 368 g/mol. The maximum atomic E-state index is 12.5. The summed E-state index contributed by atoms with van der Waals surface area (Å²) in [5, 5.41) is 2.90. The molecule has 1 unspecified atom stereocenters. The van der Waals surface area contributed by atoms with Crippen molar-refractivity contribution in [2.45, 2.75) is 20.3 Å². The van der Waals surface area contributed by atoms with Gasteiger partial charge < -0.3 is 10.2 Å². The van der Waals surface area contributed by atoms with Crippen molar-refractivity contribution in [2.75, 3.05) is 16.8 Å². The van der Waals surface area contributed by atoms with Gasteiger partial charge in [-0.3, -0.25) is 9.59 Å². The minimum atomic E-state index is -0.337. The van der Waals surface area contributed by atoms with Crippen LogP contribution < -0.4 is 10.2 Å². The molecule has 0 aliphatic carbocycles. The van der Waals surface area contributed by atoms with E-state index >= 15 is 0 Å². The van der Waals surface area contributed by atoms with Crippen LogP contribution in [0, 0.1) is 19.8 Å². The van der Waals surface area contributed by atoms with Gasteiger partial charge in [-0.2, -0.15) is 0 Å². The normalized spacial score (nSPS) is 17.2. The molecule has 2 aromatic rings. The first kappa shape index (κ1) is 16.7. The third-order valence-electron chi connectivity index (χ3n) is 4.24. The Kier molecular flexibility index (Phi) is 4.71. The molecule has 5 heteroatoms. The molecule has 2 aromatic carbocycles. The van der Waals surface area contributed by atoms with Crippen molar-refractivity contribution in [1.29, 1.82) is 0 Å². The van der Waals surface area contributed by atoms with Crippen molar-refractivity contribution in [1.82, 2.24) is 0 Å². The summed E-state index contributed by atoms with van der Waals surface area (Å²) in [6, 6.07) is 13.5. The van der Waals surface area contributed by atoms with E-state index in [0.717, 1.165) is 27.0 Å². The van der Waals surface area contributed by atoms with E-state index in [2.05, 4.69) is 21.2 Å². The lowest BCUT2D eigenvalue weighted by Gasteiger charge is -2.19. The summed E-state index contributed by atoms with van der Waals surface area (Å²) >= 11 is 3.39. The van der Waals surface area contributed by atoms with E-state index in [1.807, 2.05) is 56.3 Å². The van der Waals surface area contributed by atoms with Crippen LogP contribution in [0.1, 0.15) is 17.5 Å². The topological polar surface area (TPSA) is 49.4 Å². The van der Waals surface area contributed by atoms with Gasteiger partial charge in [-0.05, 0) is 49.2 Å². The van der Waals surface area contributed by atoms with Gasteiger partial charge in [0.15, 0.2) is 0 Å². The second-order valence-electron chi connectivity index (χ2n) is 6.19. The molecule has 0 bridgehead atoms. The zero-order valence-electron chi connectivity index (χ0n) is 13.7. The van der Waals surface area contributed by atoms with E-state index in [0.29, 0.717) is 6.54 Å². The first-order valence-corrected chi connectivity index (χ1v) is 8.67. The number of benzene rings is 2. The molecule has 3 rings (SSSR count). The summed E-state index contributed by atoms with van der Waals surface area (Å²) in [6.07, 6.45) is 0.243. The predicted octanol–water partition coefficient (Wildman–Crippen LogP) is 4.06. The highest BCUT2D eigenvalue weighted by atomic mass is 79.9. The summed E-state index contributed by atoms with van der Waals surface area (Å²) in [5.41, 5.74) is 3.78. The number of hydrogen-bond donors (Lipinski definition) is 1. The summed E-state index contributed by atoms with van der Waals surface area (Å²) in [6.45, 7) is 4.40. The molecular formula is C19H19BrN2O2. The average molecular weight is 387 g/mol. The van der Waals surface area contributed by atoms with Gasteiger partial charge in [0, 0.05) is 28.8 Å². The minimum absolute atomic E-state index is 0.00177. The standard InChI is InChI=1S/C19H19BrN2O2/c1-12-6-7-13(2)17(8-12)22-11-14(9-18(22)23)19(24)21-16-5-3-4-15(20)10-16/h3-8,10,14H,9,11H2,1-2H3,(H,21,24). The summed E-state index contributed by atoms with van der Waals surface area (Å²) in [4.78, 5) is 26.6. The number of halogens is 1. The lowest BCUT2D eigenvalue weighted by molar-refractivity contribution is -0.122. The molecule has 0 radical (unpaired) electrons. The molecule has 1 aliphatic heterocycles. The molecule has 1 N–H and O–H groups in total. The zero-order valence-corrected chi connectivity index (χ0v) is 15.3. The number of carbonyl (C=O) groups is 2. The first-order chi connectivity index (χ1) is 11.4. The van der Waals surface area contributed by atoms with Crippen molar-refractivity contribution in [2.24, 2.45) is 5.92 Å². The minimum Gasteiger partial charge on any atom is -0.326 e. The van der Waals surface area contributed by atoms with Gasteiger partial charge in [-0.1, -0.05) is 34.1 Å². The van der Waals surface area contributed by atoms with E-state index in [-0.39, 0.29) is 24.2 Å². The van der Waals surface area contributed by atoms with Gasteiger partial charge in [-0.25, -0.2) is 0 Å². The van der Waals surface area contributed by atoms with E-state index in [9.17, 15) is 9.59 Å². The van der Waals surface area contributed by atoms with Crippen molar-refractivity contribution in [3.63, 3.8) is 0 Å². The number of nitrogens with one attached hydrogen (secondary N) is 1. The highest BCUT2D eigenvalue weighted by molar-refractivity contribution is 9.10. The van der Waals surface area contributed by atoms with Crippen LogP contribution in [0.3, 0.4) is 0 Å². The predicted molar refractivity (Wildman–Crippen MR) is 99.1 cm³/mol. The van der Waals surface area contributed by atoms with Gasteiger partial charge in [0.2, 0.25) is 11.8 Å². The average Bonchev–Trinajstić information content (AvgIpc) is 2.92. The molecule has 24 heavy (non-hydrogen) atoms. The van der Waals surface area contributed by atoms with Crippen LogP contribution in [0.15, 0.2) is 46.9 Å². The van der Waals surface area contributed by atoms with Crippen molar-refractivity contribution < 1.29 is 9.59 Å². The molecule has 124 valence electrons. The molecule has 1 saturated heterocycles. The van der Waals surface area contributed by atoms with E-state index in [4.69, 9.17) is 0 Å². The second kappa shape index (κ2) is 6.77. The van der Waals surface area contributed by atoms with Crippen LogP contribution in [-0.2, 0) is 9.59 Å². The van der Waals surface area contributed by atoms with Gasteiger partial charge in [0.25, 0.3) is 0 Å². The quantitative estimate of drug-likeness (QED) is 0.864. The van der Waals surface area contributed by atoms with Crippen molar-refractivity contribution in [3.05, 3.63) is 58.1 Å². The van der Waals surface area contributed by atoms with Crippen LogP contribution in [0.4, 0.5) is 11.4 Å². The summed E-state index contributed by atoms with van der Waals surface area (Å²) < 4.78 is 0.903. The molecule has 2 amide bonds. The molecule has 1 atom stereocenters. The number of hydrogen-bond acceptors (Lipinski definition) is 2. The lowest BCUT2D eigenvalue weighted by Crippen LogP contribution is -2.28. The van der Waals surface area contributed by atoms with Gasteiger partial charge >= 0.3 is 0 Å². The largest absolute Gasteiger partial charge is 0.326 e. The monoisotopic (exact) mass is 386 g/mol. The Morgan fingerprint density at radius 3 is 2.75 bits per heavy atom. The van der Waals surface area contributed by atoms with Crippen LogP contribution in [0.2, 0.25) is 0 Å². The third kappa shape index (κ3) is 3.51. The fraction of sp³-hybridized carbons (Fsp3) is 0.263. The van der Waals surface area contributed by atoms with Crippen LogP contribution >= 0.6 is 15.9 Å². The van der Waals surface area contributed by atoms with Crippen LogP contribution in [0.25, 0.3) is 0 Å². The number of rotatable bonds is 3. The Labute approximate surface area is 150 Å². The Hall–Kier alpha value is -2.14. The van der Waals surface area contributed by atoms with Gasteiger partial charge in [0.05, 0.1) is 5.92 Å². The SMILES string of the molecule is Cc1ccc(C)c(N2CC(C(=O)Nc3cccc(Br)c3)CC2=O)c1. The Balaban J connectivity index is 1.74. The van der Waals surface area contributed by atoms with Crippen LogP contribution in [-0.4, -0.2) is 18.4 Å². The molecule has 0 saturated carbocycles. The van der Waals surface area contributed by atoms with E-state index < -0.39 is 0 Å². The molecule has 0 aromatic heterocycles. The number of carbonyl (C=O) groups excluding carboxylic acids is 2. The lowest BCUT2D eigenvalue weighted by atomic mass is 10.1. The molecule has 1 heterocycles. The maximum absolute atomic E-state index is 12.5. The summed E-state index contributed by atoms with van der Waals surface area (Å²) in [5.74, 6) is -0.455. The fourth-order valence-electron chi connectivity index (χ4n) is 2.94. The second-order valence-corrected chi connectivity index (χ2v) is 7.11. The van der Waals surface area contributed by atoms with Gasteiger partial charge in [-0.15, -0.1) is 0 Å². The van der Waals surface area contributed by atoms with E-state index in [1.54, 1.807) is 4.90 Å². The smallest absolute Gasteiger partial charge is 0.229 e. The van der Waals surface area contributed by atoms with Crippen LogP contribution in [0.5, 0.6) is 0 Å². The Bertz CT molecular complexity index is 804. The number of anilines is 2. The number of aryl methyl sites for hydroxylation is 2. The Morgan fingerprint density at radius 1 is 1.21 bits per heavy atom. The Morgan fingerprint density at radius 2 is 2.00 bits per heavy atom. The fourth-order valence-corrected chi connectivity index (χ4v) is 3.34. The molecule has 0 spiro atoms. The van der Waals surface area contributed by atoms with Crippen molar-refractivity contribution >= 4 is 39.1 Å². The van der Waals surface area contributed by atoms with Gasteiger partial charge in [0.1, 0.15) is 0 Å². The zero-order chi connectivity index (χ0) is 17.3.